The molecule has 0 bridgehead atoms. The Balaban J connectivity index is 2.20. The van der Waals surface area contributed by atoms with Crippen LogP contribution >= 0.6 is 0 Å². The second-order valence-electron chi connectivity index (χ2n) is 4.85. The molecule has 2 rings (SSSR count). The molecule has 2 aliphatic rings. The van der Waals surface area contributed by atoms with Crippen molar-refractivity contribution < 1.29 is 18.8 Å². The zero-order chi connectivity index (χ0) is 11.3. The molecule has 5 heteroatoms. The van der Waals surface area contributed by atoms with Gasteiger partial charge < -0.3 is 14.0 Å². The van der Waals surface area contributed by atoms with Crippen molar-refractivity contribution in [3.63, 3.8) is 0 Å². The molecule has 82 valence electrons. The van der Waals surface area contributed by atoms with Gasteiger partial charge in [0.1, 0.15) is 6.61 Å². The Morgan fingerprint density at radius 2 is 1.73 bits per heavy atom. The molecule has 2 heterocycles. The Kier molecular flexibility index (Phi) is 2.21. The zero-order valence-corrected chi connectivity index (χ0v) is 9.49. The quantitative estimate of drug-likeness (QED) is 0.480. The van der Waals surface area contributed by atoms with Crippen molar-refractivity contribution in [1.29, 1.82) is 0 Å². The molecule has 0 aromatic rings. The van der Waals surface area contributed by atoms with Crippen molar-refractivity contribution in [2.24, 2.45) is 0 Å². The monoisotopic (exact) mass is 210 g/mol. The van der Waals surface area contributed by atoms with Crippen molar-refractivity contribution >= 4 is 13.1 Å². The molecule has 0 radical (unpaired) electrons. The maximum atomic E-state index is 11.3. The first-order valence-corrected chi connectivity index (χ1v) is 5.06. The number of ether oxygens (including phenoxy) is 1. The highest BCUT2D eigenvalue weighted by Crippen LogP contribution is 2.39. The van der Waals surface area contributed by atoms with E-state index in [4.69, 9.17) is 14.0 Å². The highest BCUT2D eigenvalue weighted by atomic mass is 16.7. The van der Waals surface area contributed by atoms with Crippen molar-refractivity contribution in [2.75, 3.05) is 6.61 Å². The Morgan fingerprint density at radius 1 is 1.20 bits per heavy atom. The molecule has 0 aromatic carbocycles. The summed E-state index contributed by atoms with van der Waals surface area (Å²) < 4.78 is 16.3. The third kappa shape index (κ3) is 1.60. The highest BCUT2D eigenvalue weighted by Gasteiger charge is 2.54. The number of cyclic esters (lactones) is 1. The van der Waals surface area contributed by atoms with E-state index in [0.29, 0.717) is 12.1 Å². The minimum absolute atomic E-state index is 0.318. The lowest BCUT2D eigenvalue weighted by atomic mass is 9.78. The van der Waals surface area contributed by atoms with E-state index in [-0.39, 0.29) is 5.97 Å². The van der Waals surface area contributed by atoms with Gasteiger partial charge in [0.25, 0.3) is 0 Å². The largest absolute Gasteiger partial charge is 0.502 e. The van der Waals surface area contributed by atoms with Crippen LogP contribution < -0.4 is 0 Å². The fourth-order valence-electron chi connectivity index (χ4n) is 1.54. The van der Waals surface area contributed by atoms with Gasteiger partial charge in [-0.25, -0.2) is 4.79 Å². The normalized spacial score (nSPS) is 27.9. The van der Waals surface area contributed by atoms with Gasteiger partial charge in [-0.3, -0.25) is 0 Å². The Morgan fingerprint density at radius 3 is 2.13 bits per heavy atom. The van der Waals surface area contributed by atoms with Gasteiger partial charge in [-0.2, -0.15) is 0 Å². The standard InChI is InChI=1S/C10H15BO4/c1-9(2)10(3,4)15-11(14-9)7-5-6-13-8(7)12/h5H,6H2,1-4H3. The van der Waals surface area contributed by atoms with Gasteiger partial charge in [-0.05, 0) is 33.8 Å². The summed E-state index contributed by atoms with van der Waals surface area (Å²) in [5, 5.41) is 0. The van der Waals surface area contributed by atoms with Gasteiger partial charge in [-0.1, -0.05) is 0 Å². The van der Waals surface area contributed by atoms with Crippen LogP contribution in [-0.4, -0.2) is 30.9 Å². The first-order chi connectivity index (χ1) is 6.83. The summed E-state index contributed by atoms with van der Waals surface area (Å²) in [6, 6.07) is 0. The Hall–Kier alpha value is -0.805. The molecular weight excluding hydrogens is 195 g/mol. The average molecular weight is 210 g/mol. The molecule has 0 spiro atoms. The van der Waals surface area contributed by atoms with Gasteiger partial charge in [-0.15, -0.1) is 0 Å². The van der Waals surface area contributed by atoms with Crippen molar-refractivity contribution in [1.82, 2.24) is 0 Å². The van der Waals surface area contributed by atoms with Gasteiger partial charge in [0.2, 0.25) is 0 Å². The predicted molar refractivity (Wildman–Crippen MR) is 55.1 cm³/mol. The molecule has 0 aliphatic carbocycles. The topological polar surface area (TPSA) is 44.8 Å². The number of hydrogen-bond acceptors (Lipinski definition) is 4. The summed E-state index contributed by atoms with van der Waals surface area (Å²) in [6.45, 7) is 8.13. The molecule has 1 fully saturated rings. The number of rotatable bonds is 1. The van der Waals surface area contributed by atoms with E-state index >= 15 is 0 Å². The SMILES string of the molecule is CC1(C)OB(C2=CCOC2=O)OC1(C)C. The summed E-state index contributed by atoms with van der Waals surface area (Å²) in [4.78, 5) is 11.3. The van der Waals surface area contributed by atoms with E-state index in [0.717, 1.165) is 0 Å². The van der Waals surface area contributed by atoms with Crippen molar-refractivity contribution in [3.05, 3.63) is 11.5 Å². The van der Waals surface area contributed by atoms with E-state index in [2.05, 4.69) is 0 Å². The number of hydrogen-bond donors (Lipinski definition) is 0. The molecular formula is C10H15BO4. The maximum absolute atomic E-state index is 11.3. The molecule has 4 nitrogen and oxygen atoms in total. The fraction of sp³-hybridized carbons (Fsp3) is 0.700. The van der Waals surface area contributed by atoms with Crippen LogP contribution in [0, 0.1) is 0 Å². The van der Waals surface area contributed by atoms with Crippen LogP contribution in [0.1, 0.15) is 27.7 Å². The van der Waals surface area contributed by atoms with Crippen LogP contribution in [0.25, 0.3) is 0 Å². The lowest BCUT2D eigenvalue weighted by molar-refractivity contribution is -0.135. The van der Waals surface area contributed by atoms with Crippen LogP contribution in [0.2, 0.25) is 0 Å². The van der Waals surface area contributed by atoms with Gasteiger partial charge >= 0.3 is 13.1 Å². The summed E-state index contributed by atoms with van der Waals surface area (Å²) in [5.41, 5.74) is -0.350. The molecule has 0 aromatic heterocycles. The predicted octanol–water partition coefficient (Wildman–Crippen LogP) is 1.10. The summed E-state index contributed by atoms with van der Waals surface area (Å²) in [5.74, 6) is -0.339. The minimum Gasteiger partial charge on any atom is -0.459 e. The Labute approximate surface area is 89.7 Å². The minimum atomic E-state index is -0.593. The lowest BCUT2D eigenvalue weighted by Gasteiger charge is -2.32. The lowest BCUT2D eigenvalue weighted by Crippen LogP contribution is -2.41. The fourth-order valence-corrected chi connectivity index (χ4v) is 1.54. The smallest absolute Gasteiger partial charge is 0.459 e. The molecule has 0 amide bonds. The van der Waals surface area contributed by atoms with Crippen LogP contribution in [0.15, 0.2) is 11.5 Å². The molecule has 2 aliphatic heterocycles. The zero-order valence-electron chi connectivity index (χ0n) is 9.49. The van der Waals surface area contributed by atoms with Gasteiger partial charge in [0.15, 0.2) is 0 Å². The maximum Gasteiger partial charge on any atom is 0.502 e. The number of carbonyl (C=O) groups excluding carboxylic acids is 1. The summed E-state index contributed by atoms with van der Waals surface area (Å²) in [6.07, 6.45) is 1.71. The van der Waals surface area contributed by atoms with Crippen molar-refractivity contribution in [2.45, 2.75) is 38.9 Å². The van der Waals surface area contributed by atoms with Gasteiger partial charge in [0.05, 0.1) is 16.7 Å². The van der Waals surface area contributed by atoms with Crippen LogP contribution in [-0.2, 0) is 18.8 Å². The third-order valence-corrected chi connectivity index (χ3v) is 3.26. The van der Waals surface area contributed by atoms with Crippen LogP contribution in [0.5, 0.6) is 0 Å². The highest BCUT2D eigenvalue weighted by molar-refractivity contribution is 6.61. The third-order valence-electron chi connectivity index (χ3n) is 3.26. The second-order valence-corrected chi connectivity index (χ2v) is 4.85. The van der Waals surface area contributed by atoms with Crippen LogP contribution in [0.3, 0.4) is 0 Å². The van der Waals surface area contributed by atoms with E-state index in [1.165, 1.54) is 0 Å². The average Bonchev–Trinajstić information content (AvgIpc) is 2.55. The van der Waals surface area contributed by atoms with Crippen molar-refractivity contribution in [3.8, 4) is 0 Å². The van der Waals surface area contributed by atoms with E-state index in [9.17, 15) is 4.79 Å². The first kappa shape index (κ1) is 10.7. The van der Waals surface area contributed by atoms with Crippen LogP contribution in [0.4, 0.5) is 0 Å². The van der Waals surface area contributed by atoms with Gasteiger partial charge in [0, 0.05) is 0 Å². The number of esters is 1. The molecule has 15 heavy (non-hydrogen) atoms. The molecule has 0 N–H and O–H groups in total. The summed E-state index contributed by atoms with van der Waals surface area (Å²) >= 11 is 0. The second kappa shape index (κ2) is 3.09. The van der Waals surface area contributed by atoms with E-state index in [1.54, 1.807) is 6.08 Å². The van der Waals surface area contributed by atoms with E-state index < -0.39 is 18.3 Å². The van der Waals surface area contributed by atoms with E-state index in [1.807, 2.05) is 27.7 Å². The molecule has 0 atom stereocenters. The molecule has 0 saturated carbocycles. The first-order valence-electron chi connectivity index (χ1n) is 5.06. The molecule has 1 saturated heterocycles. The number of carbonyl (C=O) groups is 1. The Bertz CT molecular complexity index is 316. The molecule has 0 unspecified atom stereocenters. The summed E-state index contributed by atoms with van der Waals surface area (Å²) in [7, 11) is -0.593.